The summed E-state index contributed by atoms with van der Waals surface area (Å²) in [5.74, 6) is 0.220. The number of nitrogens with zero attached hydrogens (tertiary/aromatic N) is 3. The van der Waals surface area contributed by atoms with Crippen LogP contribution in [0.25, 0.3) is 0 Å². The maximum atomic E-state index is 12.5. The highest BCUT2D eigenvalue weighted by Gasteiger charge is 2.24. The highest BCUT2D eigenvalue weighted by Crippen LogP contribution is 2.29. The van der Waals surface area contributed by atoms with Gasteiger partial charge in [0.05, 0.1) is 11.9 Å². The van der Waals surface area contributed by atoms with Gasteiger partial charge in [-0.3, -0.25) is 9.10 Å². The van der Waals surface area contributed by atoms with Crippen LogP contribution in [0, 0.1) is 0 Å². The predicted octanol–water partition coefficient (Wildman–Crippen LogP) is 1.74. The van der Waals surface area contributed by atoms with E-state index in [9.17, 15) is 13.2 Å². The number of benzene rings is 1. The lowest BCUT2D eigenvalue weighted by atomic mass is 10.0. The van der Waals surface area contributed by atoms with Crippen molar-refractivity contribution in [1.29, 1.82) is 0 Å². The number of piperazine rings is 1. The number of para-hydroxylation sites is 1. The Labute approximate surface area is 151 Å². The first-order chi connectivity index (χ1) is 11.7. The fraction of sp³-hybridized carbons (Fsp3) is 0.611. The summed E-state index contributed by atoms with van der Waals surface area (Å²) in [6, 6.07) is 7.51. The summed E-state index contributed by atoms with van der Waals surface area (Å²) < 4.78 is 26.0. The second kappa shape index (κ2) is 8.19. The van der Waals surface area contributed by atoms with Gasteiger partial charge in [0.1, 0.15) is 0 Å². The fourth-order valence-corrected chi connectivity index (χ4v) is 4.03. The fourth-order valence-electron chi connectivity index (χ4n) is 3.08. The molecule has 1 aromatic rings. The number of hydrogen-bond donors (Lipinski definition) is 0. The van der Waals surface area contributed by atoms with Crippen molar-refractivity contribution in [1.82, 2.24) is 9.80 Å². The van der Waals surface area contributed by atoms with E-state index < -0.39 is 10.0 Å². The molecular formula is C18H29N3O3S. The Morgan fingerprint density at radius 2 is 1.76 bits per heavy atom. The summed E-state index contributed by atoms with van der Waals surface area (Å²) in [5, 5.41) is 0. The van der Waals surface area contributed by atoms with Crippen LogP contribution in [0.15, 0.2) is 24.3 Å². The van der Waals surface area contributed by atoms with Crippen LogP contribution in [0.1, 0.15) is 31.7 Å². The highest BCUT2D eigenvalue weighted by molar-refractivity contribution is 7.92. The van der Waals surface area contributed by atoms with Crippen LogP contribution in [0.4, 0.5) is 5.69 Å². The van der Waals surface area contributed by atoms with Crippen LogP contribution in [0.2, 0.25) is 0 Å². The molecule has 0 spiro atoms. The van der Waals surface area contributed by atoms with Crippen LogP contribution in [-0.2, 0) is 14.8 Å². The van der Waals surface area contributed by atoms with Gasteiger partial charge >= 0.3 is 0 Å². The minimum atomic E-state index is -3.45. The Morgan fingerprint density at radius 3 is 2.32 bits per heavy atom. The Balaban J connectivity index is 2.14. The summed E-state index contributed by atoms with van der Waals surface area (Å²) in [7, 11) is -1.42. The molecule has 6 nitrogen and oxygen atoms in total. The molecule has 0 aromatic heterocycles. The summed E-state index contributed by atoms with van der Waals surface area (Å²) in [6.07, 6.45) is 1.40. The molecule has 1 heterocycles. The van der Waals surface area contributed by atoms with E-state index >= 15 is 0 Å². The minimum Gasteiger partial charge on any atom is -0.340 e. The Bertz CT molecular complexity index is 695. The number of hydrogen-bond acceptors (Lipinski definition) is 4. The second-order valence-corrected chi connectivity index (χ2v) is 8.89. The zero-order valence-corrected chi connectivity index (χ0v) is 16.4. The summed E-state index contributed by atoms with van der Waals surface area (Å²) in [5.41, 5.74) is 1.64. The van der Waals surface area contributed by atoms with Crippen molar-refractivity contribution in [2.75, 3.05) is 50.3 Å². The number of rotatable bonds is 6. The topological polar surface area (TPSA) is 60.9 Å². The molecule has 1 amide bonds. The first-order valence-electron chi connectivity index (χ1n) is 8.73. The first-order valence-corrected chi connectivity index (χ1v) is 10.6. The molecule has 1 aromatic carbocycles. The molecule has 140 valence electrons. The van der Waals surface area contributed by atoms with Gasteiger partial charge in [0, 0.05) is 39.1 Å². The summed E-state index contributed by atoms with van der Waals surface area (Å²) in [4.78, 5) is 16.5. The molecule has 0 unspecified atom stereocenters. The van der Waals surface area contributed by atoms with Crippen molar-refractivity contribution in [2.24, 2.45) is 0 Å². The van der Waals surface area contributed by atoms with Gasteiger partial charge in [0.2, 0.25) is 15.9 Å². The molecule has 0 N–H and O–H groups in total. The number of sulfonamides is 1. The maximum absolute atomic E-state index is 12.5. The lowest BCUT2D eigenvalue weighted by Crippen LogP contribution is -2.48. The lowest BCUT2D eigenvalue weighted by molar-refractivity contribution is -0.132. The molecule has 2 rings (SSSR count). The Kier molecular flexibility index (Phi) is 6.46. The third-order valence-electron chi connectivity index (χ3n) is 4.61. The standard InChI is InChI=1S/C18H29N3O3S/c1-15(2)16-7-5-6-8-17(16)21(25(4,23)24)10-9-18(22)20-13-11-19(3)12-14-20/h5-8,15H,9-14H2,1-4H3. The van der Waals surface area contributed by atoms with Crippen molar-refractivity contribution in [3.63, 3.8) is 0 Å². The quantitative estimate of drug-likeness (QED) is 0.768. The van der Waals surface area contributed by atoms with Gasteiger partial charge in [-0.1, -0.05) is 32.0 Å². The lowest BCUT2D eigenvalue weighted by Gasteiger charge is -2.33. The van der Waals surface area contributed by atoms with Gasteiger partial charge < -0.3 is 9.80 Å². The average Bonchev–Trinajstić information content (AvgIpc) is 2.54. The normalized spacial score (nSPS) is 16.3. The smallest absolute Gasteiger partial charge is 0.232 e. The number of carbonyl (C=O) groups excluding carboxylic acids is 1. The van der Waals surface area contributed by atoms with Gasteiger partial charge in [-0.05, 0) is 24.6 Å². The van der Waals surface area contributed by atoms with E-state index in [1.54, 1.807) is 0 Å². The van der Waals surface area contributed by atoms with Crippen LogP contribution in [-0.4, -0.2) is 70.2 Å². The molecule has 0 aliphatic carbocycles. The van der Waals surface area contributed by atoms with E-state index in [1.807, 2.05) is 50.1 Å². The molecule has 7 heteroatoms. The van der Waals surface area contributed by atoms with Crippen LogP contribution >= 0.6 is 0 Å². The zero-order chi connectivity index (χ0) is 18.6. The molecule has 0 radical (unpaired) electrons. The van der Waals surface area contributed by atoms with Crippen LogP contribution < -0.4 is 4.31 Å². The van der Waals surface area contributed by atoms with Gasteiger partial charge in [-0.2, -0.15) is 0 Å². The maximum Gasteiger partial charge on any atom is 0.232 e. The van der Waals surface area contributed by atoms with E-state index in [0.717, 1.165) is 18.7 Å². The largest absolute Gasteiger partial charge is 0.340 e. The first kappa shape index (κ1) is 19.7. The van der Waals surface area contributed by atoms with Gasteiger partial charge in [0.25, 0.3) is 0 Å². The highest BCUT2D eigenvalue weighted by atomic mass is 32.2. The number of amides is 1. The molecule has 0 atom stereocenters. The number of carbonyl (C=O) groups is 1. The number of anilines is 1. The van der Waals surface area contributed by atoms with Gasteiger partial charge in [-0.25, -0.2) is 8.42 Å². The molecule has 1 aliphatic heterocycles. The molecule has 0 saturated carbocycles. The number of likely N-dealkylation sites (N-methyl/N-ethyl adjacent to an activating group) is 1. The summed E-state index contributed by atoms with van der Waals surface area (Å²) in [6.45, 7) is 7.38. The van der Waals surface area contributed by atoms with Crippen molar-refractivity contribution in [3.05, 3.63) is 29.8 Å². The van der Waals surface area contributed by atoms with Gasteiger partial charge in [-0.15, -0.1) is 0 Å². The van der Waals surface area contributed by atoms with E-state index in [-0.39, 0.29) is 24.8 Å². The molecule has 25 heavy (non-hydrogen) atoms. The molecule has 0 bridgehead atoms. The minimum absolute atomic E-state index is 0.0174. The van der Waals surface area contributed by atoms with Crippen molar-refractivity contribution < 1.29 is 13.2 Å². The van der Waals surface area contributed by atoms with Crippen LogP contribution in [0.5, 0.6) is 0 Å². The van der Waals surface area contributed by atoms with Crippen molar-refractivity contribution in [3.8, 4) is 0 Å². The third-order valence-corrected chi connectivity index (χ3v) is 5.79. The summed E-state index contributed by atoms with van der Waals surface area (Å²) >= 11 is 0. The SMILES string of the molecule is CC(C)c1ccccc1N(CCC(=O)N1CCN(C)CC1)S(C)(=O)=O. The van der Waals surface area contributed by atoms with E-state index in [1.165, 1.54) is 10.6 Å². The van der Waals surface area contributed by atoms with E-state index in [2.05, 4.69) is 4.90 Å². The monoisotopic (exact) mass is 367 g/mol. The van der Waals surface area contributed by atoms with E-state index in [0.29, 0.717) is 18.8 Å². The zero-order valence-electron chi connectivity index (χ0n) is 15.6. The second-order valence-electron chi connectivity index (χ2n) is 6.98. The Hall–Kier alpha value is -1.60. The van der Waals surface area contributed by atoms with E-state index in [4.69, 9.17) is 0 Å². The molecule has 1 saturated heterocycles. The molecular weight excluding hydrogens is 338 g/mol. The van der Waals surface area contributed by atoms with Crippen molar-refractivity contribution in [2.45, 2.75) is 26.2 Å². The van der Waals surface area contributed by atoms with Crippen LogP contribution in [0.3, 0.4) is 0 Å². The Morgan fingerprint density at radius 1 is 1.16 bits per heavy atom. The van der Waals surface area contributed by atoms with Gasteiger partial charge in [0.15, 0.2) is 0 Å². The average molecular weight is 368 g/mol. The molecule has 1 fully saturated rings. The predicted molar refractivity (Wildman–Crippen MR) is 101 cm³/mol. The molecule has 1 aliphatic rings. The third kappa shape index (κ3) is 5.19. The van der Waals surface area contributed by atoms with Crippen molar-refractivity contribution >= 4 is 21.6 Å².